The van der Waals surface area contributed by atoms with E-state index in [1.54, 1.807) is 24.3 Å². The van der Waals surface area contributed by atoms with Crippen molar-refractivity contribution in [1.29, 1.82) is 0 Å². The molecule has 5 rings (SSSR count). The number of rotatable bonds is 6. The Labute approximate surface area is 202 Å². The molecule has 0 aliphatic carbocycles. The van der Waals surface area contributed by atoms with Crippen molar-refractivity contribution in [2.24, 2.45) is 0 Å². The molecule has 4 heterocycles. The summed E-state index contributed by atoms with van der Waals surface area (Å²) in [5, 5.41) is 5.53. The van der Waals surface area contributed by atoms with Gasteiger partial charge in [-0.1, -0.05) is 6.58 Å². The van der Waals surface area contributed by atoms with Gasteiger partial charge in [0, 0.05) is 30.9 Å². The summed E-state index contributed by atoms with van der Waals surface area (Å²) >= 11 is 0. The van der Waals surface area contributed by atoms with Crippen molar-refractivity contribution < 1.29 is 14.3 Å². The summed E-state index contributed by atoms with van der Waals surface area (Å²) in [7, 11) is 1.62. The normalized spacial score (nSPS) is 15.7. The van der Waals surface area contributed by atoms with Gasteiger partial charge in [-0.3, -0.25) is 4.79 Å². The Morgan fingerprint density at radius 3 is 2.66 bits per heavy atom. The van der Waals surface area contributed by atoms with Crippen molar-refractivity contribution in [2.45, 2.75) is 18.9 Å². The molecule has 1 aliphatic heterocycles. The zero-order valence-corrected chi connectivity index (χ0v) is 19.3. The van der Waals surface area contributed by atoms with Crippen LogP contribution in [-0.2, 0) is 4.79 Å². The number of carbonyl (C=O) groups is 1. The second-order valence-corrected chi connectivity index (χ2v) is 8.20. The molecule has 10 heteroatoms. The predicted octanol–water partition coefficient (Wildman–Crippen LogP) is 3.62. The highest BCUT2D eigenvalue weighted by molar-refractivity contribution is 5.98. The molecule has 3 aromatic heterocycles. The topological polar surface area (TPSA) is 121 Å². The van der Waals surface area contributed by atoms with E-state index in [1.807, 2.05) is 35.0 Å². The summed E-state index contributed by atoms with van der Waals surface area (Å²) in [5.41, 5.74) is 8.27. The van der Waals surface area contributed by atoms with Crippen molar-refractivity contribution in [1.82, 2.24) is 29.6 Å². The first-order valence-corrected chi connectivity index (χ1v) is 11.3. The van der Waals surface area contributed by atoms with E-state index in [0.29, 0.717) is 47.3 Å². The lowest BCUT2D eigenvalue weighted by Crippen LogP contribution is -2.40. The zero-order chi connectivity index (χ0) is 24.4. The maximum Gasteiger partial charge on any atom is 0.246 e. The second-order valence-electron chi connectivity index (χ2n) is 8.20. The van der Waals surface area contributed by atoms with E-state index in [1.165, 1.54) is 12.4 Å². The molecule has 35 heavy (non-hydrogen) atoms. The van der Waals surface area contributed by atoms with Gasteiger partial charge in [0.15, 0.2) is 5.65 Å². The highest BCUT2D eigenvalue weighted by Crippen LogP contribution is 2.34. The molecule has 1 atom stereocenters. The molecule has 0 bridgehead atoms. The monoisotopic (exact) mass is 471 g/mol. The van der Waals surface area contributed by atoms with E-state index in [9.17, 15) is 4.79 Å². The lowest BCUT2D eigenvalue weighted by molar-refractivity contribution is -0.127. The molecule has 178 valence electrons. The molecule has 0 unspecified atom stereocenters. The van der Waals surface area contributed by atoms with Crippen molar-refractivity contribution in [3.63, 3.8) is 0 Å². The number of hydrogen-bond acceptors (Lipinski definition) is 8. The molecular weight excluding hydrogens is 446 g/mol. The van der Waals surface area contributed by atoms with Crippen LogP contribution < -0.4 is 15.2 Å². The molecule has 4 aromatic rings. The number of benzene rings is 1. The van der Waals surface area contributed by atoms with E-state index in [4.69, 9.17) is 20.3 Å². The number of nitrogens with two attached hydrogens (primary N) is 1. The Morgan fingerprint density at radius 2 is 1.94 bits per heavy atom. The highest BCUT2D eigenvalue weighted by Gasteiger charge is 2.28. The Balaban J connectivity index is 1.46. The van der Waals surface area contributed by atoms with E-state index in [2.05, 4.69) is 21.5 Å². The quantitative estimate of drug-likeness (QED) is 0.423. The van der Waals surface area contributed by atoms with Gasteiger partial charge in [-0.25, -0.2) is 19.6 Å². The minimum absolute atomic E-state index is 0.0381. The molecule has 0 radical (unpaired) electrons. The number of fused-ring (bicyclic) bond motifs is 1. The second kappa shape index (κ2) is 9.41. The number of methoxy groups -OCH3 is 1. The van der Waals surface area contributed by atoms with Crippen LogP contribution in [0.15, 0.2) is 61.6 Å². The van der Waals surface area contributed by atoms with E-state index in [0.717, 1.165) is 24.2 Å². The van der Waals surface area contributed by atoms with Gasteiger partial charge < -0.3 is 20.1 Å². The number of pyridine rings is 1. The van der Waals surface area contributed by atoms with Crippen LogP contribution in [0.4, 0.5) is 5.82 Å². The number of nitrogens with zero attached hydrogens (tertiary/aromatic N) is 6. The number of nitrogen functional groups attached to an aromatic ring is 1. The molecule has 2 N–H and O–H groups in total. The minimum Gasteiger partial charge on any atom is -0.497 e. The lowest BCUT2D eigenvalue weighted by Gasteiger charge is -2.32. The van der Waals surface area contributed by atoms with Crippen LogP contribution in [0.3, 0.4) is 0 Å². The average molecular weight is 472 g/mol. The van der Waals surface area contributed by atoms with Gasteiger partial charge >= 0.3 is 0 Å². The summed E-state index contributed by atoms with van der Waals surface area (Å²) in [5.74, 6) is 2.09. The molecule has 0 spiro atoms. The number of piperidine rings is 1. The summed E-state index contributed by atoms with van der Waals surface area (Å²) in [6, 6.07) is 10.9. The van der Waals surface area contributed by atoms with E-state index in [-0.39, 0.29) is 11.9 Å². The number of ether oxygens (including phenoxy) is 2. The molecule has 1 aromatic carbocycles. The Hall–Kier alpha value is -4.47. The van der Waals surface area contributed by atoms with E-state index < -0.39 is 0 Å². The molecule has 10 nitrogen and oxygen atoms in total. The molecule has 1 saturated heterocycles. The Morgan fingerprint density at radius 1 is 1.14 bits per heavy atom. The van der Waals surface area contributed by atoms with Crippen molar-refractivity contribution in [2.75, 3.05) is 25.9 Å². The Bertz CT molecular complexity index is 1370. The number of likely N-dealkylation sites (tertiary alicyclic amines) is 1. The first-order chi connectivity index (χ1) is 17.1. The van der Waals surface area contributed by atoms with Crippen LogP contribution in [0.25, 0.3) is 22.3 Å². The van der Waals surface area contributed by atoms with Crippen LogP contribution in [0.1, 0.15) is 18.9 Å². The summed E-state index contributed by atoms with van der Waals surface area (Å²) in [4.78, 5) is 27.1. The minimum atomic E-state index is -0.0860. The lowest BCUT2D eigenvalue weighted by atomic mass is 10.1. The van der Waals surface area contributed by atoms with Crippen LogP contribution in [0.2, 0.25) is 0 Å². The molecule has 1 amide bonds. The van der Waals surface area contributed by atoms with Gasteiger partial charge in [0.25, 0.3) is 0 Å². The van der Waals surface area contributed by atoms with Crippen LogP contribution in [-0.4, -0.2) is 55.7 Å². The maximum absolute atomic E-state index is 12.2. The Kier molecular flexibility index (Phi) is 6.01. The maximum atomic E-state index is 12.2. The predicted molar refractivity (Wildman–Crippen MR) is 131 cm³/mol. The number of carbonyl (C=O) groups excluding carboxylic acids is 1. The smallest absolute Gasteiger partial charge is 0.246 e. The van der Waals surface area contributed by atoms with Gasteiger partial charge in [0.05, 0.1) is 18.5 Å². The fourth-order valence-electron chi connectivity index (χ4n) is 4.28. The van der Waals surface area contributed by atoms with Crippen LogP contribution >= 0.6 is 0 Å². The third-order valence-corrected chi connectivity index (χ3v) is 6.04. The van der Waals surface area contributed by atoms with Gasteiger partial charge in [0.1, 0.15) is 29.3 Å². The van der Waals surface area contributed by atoms with Gasteiger partial charge in [-0.15, -0.1) is 0 Å². The first-order valence-electron chi connectivity index (χ1n) is 11.3. The zero-order valence-electron chi connectivity index (χ0n) is 19.3. The summed E-state index contributed by atoms with van der Waals surface area (Å²) < 4.78 is 12.9. The molecule has 1 fully saturated rings. The highest BCUT2D eigenvalue weighted by atomic mass is 16.5. The largest absolute Gasteiger partial charge is 0.497 e. The molecule has 0 saturated carbocycles. The number of aromatic nitrogens is 5. The number of amides is 1. The first kappa shape index (κ1) is 22.3. The number of hydrogen-bond donors (Lipinski definition) is 1. The third kappa shape index (κ3) is 4.37. The van der Waals surface area contributed by atoms with E-state index >= 15 is 0 Å². The molecular formula is C25H25N7O3. The van der Waals surface area contributed by atoms with Gasteiger partial charge in [-0.05, 0) is 49.2 Å². The van der Waals surface area contributed by atoms with Crippen molar-refractivity contribution in [3.8, 4) is 28.6 Å². The fourth-order valence-corrected chi connectivity index (χ4v) is 4.28. The third-order valence-electron chi connectivity index (χ3n) is 6.04. The molecule has 1 aliphatic rings. The number of anilines is 1. The summed E-state index contributed by atoms with van der Waals surface area (Å²) in [6.45, 7) is 4.83. The average Bonchev–Trinajstić information content (AvgIpc) is 3.30. The SMILES string of the molecule is C=CC(=O)N1CCC[C@@H](n2nc(-c3ccc(Oc4ccc(OC)cc4)nc3)c3c(N)ncnc32)C1. The van der Waals surface area contributed by atoms with Crippen molar-refractivity contribution in [3.05, 3.63) is 61.6 Å². The van der Waals surface area contributed by atoms with Gasteiger partial charge in [-0.2, -0.15) is 5.10 Å². The van der Waals surface area contributed by atoms with Crippen LogP contribution in [0, 0.1) is 0 Å². The standard InChI is InChI=1S/C25H25N7O3/c1-3-21(33)31-12-4-5-17(14-31)32-25-22(24(26)28-15-29-25)23(30-32)16-6-11-20(27-13-16)35-19-9-7-18(34-2)8-10-19/h3,6-11,13,15,17H,1,4-5,12,14H2,2H3,(H2,26,28,29)/t17-/m1/s1. The van der Waals surface area contributed by atoms with Gasteiger partial charge in [0.2, 0.25) is 11.8 Å². The van der Waals surface area contributed by atoms with Crippen molar-refractivity contribution >= 4 is 22.8 Å². The van der Waals surface area contributed by atoms with Crippen LogP contribution in [0.5, 0.6) is 17.4 Å². The fraction of sp³-hybridized carbons (Fsp3) is 0.240. The summed E-state index contributed by atoms with van der Waals surface area (Å²) in [6.07, 6.45) is 6.19.